The Bertz CT molecular complexity index is 581. The van der Waals surface area contributed by atoms with Gasteiger partial charge in [0.2, 0.25) is 0 Å². The van der Waals surface area contributed by atoms with Gasteiger partial charge >= 0.3 is 0 Å². The van der Waals surface area contributed by atoms with Gasteiger partial charge in [-0.1, -0.05) is 19.1 Å². The lowest BCUT2D eigenvalue weighted by atomic mass is 9.49. The Kier molecular flexibility index (Phi) is 6.26. The number of allylic oxidation sites excluding steroid dienone is 1. The van der Waals surface area contributed by atoms with Crippen LogP contribution in [-0.4, -0.2) is 40.1 Å². The quantitative estimate of drug-likeness (QED) is 0.670. The minimum Gasteiger partial charge on any atom is -0.472 e. The van der Waals surface area contributed by atoms with Crippen LogP contribution in [0.5, 0.6) is 0 Å². The lowest BCUT2D eigenvalue weighted by Crippen LogP contribution is -2.58. The van der Waals surface area contributed by atoms with Crippen molar-refractivity contribution in [1.82, 2.24) is 0 Å². The molecule has 1 aromatic rings. The molecule has 0 bridgehead atoms. The molecule has 3 rings (SSSR count). The normalized spacial score (nSPS) is 37.5. The molecule has 2 saturated carbocycles. The molecule has 4 nitrogen and oxygen atoms in total. The number of fused-ring (bicyclic) bond motifs is 1. The summed E-state index contributed by atoms with van der Waals surface area (Å²) < 4.78 is 22.6. The number of aryl methyl sites for hydroxylation is 1. The highest BCUT2D eigenvalue weighted by atomic mass is 16.5. The summed E-state index contributed by atoms with van der Waals surface area (Å²) in [6.45, 7) is 7.63. The van der Waals surface area contributed by atoms with E-state index in [1.165, 1.54) is 17.6 Å². The van der Waals surface area contributed by atoms with Crippen molar-refractivity contribution < 1.29 is 18.6 Å². The van der Waals surface area contributed by atoms with Gasteiger partial charge in [-0.25, -0.2) is 0 Å². The predicted molar refractivity (Wildman–Crippen MR) is 102 cm³/mol. The van der Waals surface area contributed by atoms with Crippen molar-refractivity contribution >= 4 is 0 Å². The van der Waals surface area contributed by atoms with Gasteiger partial charge in [0, 0.05) is 27.2 Å². The first-order chi connectivity index (χ1) is 12.5. The second kappa shape index (κ2) is 8.28. The van der Waals surface area contributed by atoms with E-state index >= 15 is 0 Å². The number of furan rings is 1. The van der Waals surface area contributed by atoms with Crippen molar-refractivity contribution in [2.45, 2.75) is 51.2 Å². The summed E-state index contributed by atoms with van der Waals surface area (Å²) in [5.74, 6) is 1.42. The SMILES string of the molecule is C=C1CC[C@@H]2[C@H](COC)[C@H](OC)[C@H](OC)C[C@@]2(C)[C@@H]1CCc1ccoc1. The van der Waals surface area contributed by atoms with E-state index in [-0.39, 0.29) is 17.6 Å². The van der Waals surface area contributed by atoms with Gasteiger partial charge < -0.3 is 18.6 Å². The van der Waals surface area contributed by atoms with Gasteiger partial charge in [-0.3, -0.25) is 0 Å². The van der Waals surface area contributed by atoms with Crippen molar-refractivity contribution in [2.24, 2.45) is 23.2 Å². The van der Waals surface area contributed by atoms with Gasteiger partial charge in [0.05, 0.1) is 31.3 Å². The molecule has 1 aromatic heterocycles. The topological polar surface area (TPSA) is 40.8 Å². The molecule has 1 heterocycles. The van der Waals surface area contributed by atoms with Crippen LogP contribution in [0.15, 0.2) is 35.2 Å². The maximum Gasteiger partial charge on any atom is 0.0934 e. The molecule has 2 aliphatic carbocycles. The second-order valence-corrected chi connectivity index (χ2v) is 8.33. The Hall–Kier alpha value is -1.10. The largest absolute Gasteiger partial charge is 0.472 e. The van der Waals surface area contributed by atoms with Crippen LogP contribution in [0.3, 0.4) is 0 Å². The van der Waals surface area contributed by atoms with Gasteiger partial charge in [-0.15, -0.1) is 0 Å². The Morgan fingerprint density at radius 2 is 2.08 bits per heavy atom. The Morgan fingerprint density at radius 3 is 2.69 bits per heavy atom. The molecule has 2 fully saturated rings. The highest BCUT2D eigenvalue weighted by Gasteiger charge is 2.56. The standard InChI is InChI=1S/C22H34O4/c1-15-6-8-19-17(14-23-3)21(25-5)20(24-4)12-22(19,2)18(15)9-7-16-10-11-26-13-16/h10-11,13,17-21H,1,6-9,12,14H2,2-5H3/t17-,18+,19+,20+,21-,22-/m0/s1. The van der Waals surface area contributed by atoms with Crippen LogP contribution in [0, 0.1) is 23.2 Å². The monoisotopic (exact) mass is 362 g/mol. The molecule has 0 spiro atoms. The zero-order chi connectivity index (χ0) is 18.7. The lowest BCUT2D eigenvalue weighted by Gasteiger charge is -2.58. The molecule has 0 saturated heterocycles. The van der Waals surface area contributed by atoms with E-state index in [4.69, 9.17) is 18.6 Å². The van der Waals surface area contributed by atoms with Crippen molar-refractivity contribution in [3.05, 3.63) is 36.3 Å². The molecule has 6 atom stereocenters. The maximum absolute atomic E-state index is 5.89. The van der Waals surface area contributed by atoms with Gasteiger partial charge in [-0.2, -0.15) is 0 Å². The summed E-state index contributed by atoms with van der Waals surface area (Å²) in [6.07, 6.45) is 9.24. The molecule has 26 heavy (non-hydrogen) atoms. The van der Waals surface area contributed by atoms with Crippen LogP contribution in [0.4, 0.5) is 0 Å². The molecule has 0 N–H and O–H groups in total. The number of methoxy groups -OCH3 is 3. The minimum atomic E-state index is 0.0962. The van der Waals surface area contributed by atoms with E-state index in [1.807, 2.05) is 13.4 Å². The van der Waals surface area contributed by atoms with Gasteiger partial charge in [0.1, 0.15) is 0 Å². The maximum atomic E-state index is 5.89. The van der Waals surface area contributed by atoms with E-state index < -0.39 is 0 Å². The molecule has 0 aromatic carbocycles. The van der Waals surface area contributed by atoms with E-state index in [9.17, 15) is 0 Å². The molecule has 4 heteroatoms. The lowest BCUT2D eigenvalue weighted by molar-refractivity contribution is -0.176. The van der Waals surface area contributed by atoms with E-state index in [1.54, 1.807) is 20.5 Å². The van der Waals surface area contributed by atoms with E-state index in [0.29, 0.717) is 17.8 Å². The smallest absolute Gasteiger partial charge is 0.0934 e. The molecular weight excluding hydrogens is 328 g/mol. The van der Waals surface area contributed by atoms with E-state index in [2.05, 4.69) is 19.6 Å². The van der Waals surface area contributed by atoms with Crippen LogP contribution in [0.25, 0.3) is 0 Å². The van der Waals surface area contributed by atoms with Gasteiger partial charge in [0.25, 0.3) is 0 Å². The molecule has 146 valence electrons. The summed E-state index contributed by atoms with van der Waals surface area (Å²) >= 11 is 0. The van der Waals surface area contributed by atoms with Crippen molar-refractivity contribution in [3.8, 4) is 0 Å². The summed E-state index contributed by atoms with van der Waals surface area (Å²) in [4.78, 5) is 0. The third-order valence-electron chi connectivity index (χ3n) is 7.09. The molecule has 0 amide bonds. The first-order valence-corrected chi connectivity index (χ1v) is 9.78. The number of hydrogen-bond donors (Lipinski definition) is 0. The average molecular weight is 363 g/mol. The highest BCUT2D eigenvalue weighted by molar-refractivity contribution is 5.18. The van der Waals surface area contributed by atoms with Crippen molar-refractivity contribution in [3.63, 3.8) is 0 Å². The number of ether oxygens (including phenoxy) is 3. The highest BCUT2D eigenvalue weighted by Crippen LogP contribution is 2.58. The third-order valence-corrected chi connectivity index (χ3v) is 7.09. The van der Waals surface area contributed by atoms with Crippen LogP contribution < -0.4 is 0 Å². The fraction of sp³-hybridized carbons (Fsp3) is 0.727. The molecule has 2 aliphatic rings. The number of hydrogen-bond acceptors (Lipinski definition) is 4. The first-order valence-electron chi connectivity index (χ1n) is 9.78. The Labute approximate surface area is 157 Å². The fourth-order valence-corrected chi connectivity index (χ4v) is 5.85. The van der Waals surface area contributed by atoms with E-state index in [0.717, 1.165) is 32.3 Å². The molecular formula is C22H34O4. The summed E-state index contributed by atoms with van der Waals surface area (Å²) in [7, 11) is 5.40. The summed E-state index contributed by atoms with van der Waals surface area (Å²) in [5, 5.41) is 0. The average Bonchev–Trinajstić information content (AvgIpc) is 3.14. The zero-order valence-electron chi connectivity index (χ0n) is 16.7. The fourth-order valence-electron chi connectivity index (χ4n) is 5.85. The van der Waals surface area contributed by atoms with Crippen molar-refractivity contribution in [2.75, 3.05) is 27.9 Å². The molecule has 0 radical (unpaired) electrons. The zero-order valence-corrected chi connectivity index (χ0v) is 16.7. The third kappa shape index (κ3) is 3.51. The van der Waals surface area contributed by atoms with Crippen LogP contribution in [0.2, 0.25) is 0 Å². The predicted octanol–water partition coefficient (Wildman–Crippen LogP) is 4.50. The van der Waals surface area contributed by atoms with Gasteiger partial charge in [0.15, 0.2) is 0 Å². The van der Waals surface area contributed by atoms with Crippen LogP contribution in [-0.2, 0) is 20.6 Å². The van der Waals surface area contributed by atoms with Crippen LogP contribution >= 0.6 is 0 Å². The number of rotatable bonds is 7. The molecule has 0 unspecified atom stereocenters. The summed E-state index contributed by atoms with van der Waals surface area (Å²) in [6, 6.07) is 2.07. The molecule has 0 aliphatic heterocycles. The first kappa shape index (κ1) is 19.7. The minimum absolute atomic E-state index is 0.0962. The second-order valence-electron chi connectivity index (χ2n) is 8.33. The van der Waals surface area contributed by atoms with Crippen molar-refractivity contribution in [1.29, 1.82) is 0 Å². The summed E-state index contributed by atoms with van der Waals surface area (Å²) in [5.41, 5.74) is 2.83. The van der Waals surface area contributed by atoms with Crippen LogP contribution in [0.1, 0.15) is 38.2 Å². The Morgan fingerprint density at radius 1 is 1.27 bits per heavy atom. The Balaban J connectivity index is 1.87. The van der Waals surface area contributed by atoms with Gasteiger partial charge in [-0.05, 0) is 61.0 Å².